The molecule has 0 spiro atoms. The second-order valence-electron chi connectivity index (χ2n) is 4.53. The summed E-state index contributed by atoms with van der Waals surface area (Å²) in [5.41, 5.74) is 1.97. The number of fused-ring (bicyclic) bond motifs is 1. The molecule has 0 aliphatic carbocycles. The molecule has 7 heteroatoms. The van der Waals surface area contributed by atoms with Crippen LogP contribution in [0.15, 0.2) is 30.5 Å². The van der Waals surface area contributed by atoms with Gasteiger partial charge in [-0.1, -0.05) is 11.6 Å². The maximum Gasteiger partial charge on any atom is 0.291 e. The number of pyridine rings is 1. The Morgan fingerprint density at radius 3 is 2.90 bits per heavy atom. The maximum absolute atomic E-state index is 13.5. The molecule has 0 fully saturated rings. The number of anilines is 1. The number of aromatic nitrogens is 3. The van der Waals surface area contributed by atoms with Gasteiger partial charge in [-0.05, 0) is 36.8 Å². The molecule has 0 saturated heterocycles. The van der Waals surface area contributed by atoms with Crippen LogP contribution in [0.25, 0.3) is 11.0 Å². The van der Waals surface area contributed by atoms with E-state index in [1.807, 2.05) is 0 Å². The SMILES string of the molecule is Cc1cc2nc(C(=O)Nc3ccc(Cl)nc3)[nH]c2cc1F. The molecule has 0 saturated carbocycles. The Labute approximate surface area is 124 Å². The molecule has 0 aliphatic heterocycles. The molecule has 106 valence electrons. The van der Waals surface area contributed by atoms with Crippen molar-refractivity contribution in [2.45, 2.75) is 6.92 Å². The van der Waals surface area contributed by atoms with Crippen LogP contribution in [-0.2, 0) is 0 Å². The number of aryl methyl sites for hydroxylation is 1. The predicted molar refractivity (Wildman–Crippen MR) is 78.0 cm³/mol. The fraction of sp³-hybridized carbons (Fsp3) is 0.0714. The van der Waals surface area contributed by atoms with Crippen molar-refractivity contribution in [3.05, 3.63) is 52.8 Å². The van der Waals surface area contributed by atoms with E-state index < -0.39 is 5.91 Å². The number of carbonyl (C=O) groups excluding carboxylic acids is 1. The van der Waals surface area contributed by atoms with Crippen LogP contribution in [0.2, 0.25) is 5.15 Å². The summed E-state index contributed by atoms with van der Waals surface area (Å²) < 4.78 is 13.5. The quantitative estimate of drug-likeness (QED) is 0.714. The number of aromatic amines is 1. The van der Waals surface area contributed by atoms with Gasteiger partial charge in [-0.3, -0.25) is 4.79 Å². The van der Waals surface area contributed by atoms with Crippen molar-refractivity contribution >= 4 is 34.2 Å². The molecule has 0 aliphatic rings. The maximum atomic E-state index is 13.5. The summed E-state index contributed by atoms with van der Waals surface area (Å²) in [6.07, 6.45) is 1.44. The lowest BCUT2D eigenvalue weighted by atomic mass is 10.2. The van der Waals surface area contributed by atoms with E-state index >= 15 is 0 Å². The van der Waals surface area contributed by atoms with Crippen molar-refractivity contribution in [2.24, 2.45) is 0 Å². The van der Waals surface area contributed by atoms with Gasteiger partial charge in [0.25, 0.3) is 5.91 Å². The topological polar surface area (TPSA) is 70.7 Å². The number of nitrogens with zero attached hydrogens (tertiary/aromatic N) is 2. The molecule has 0 radical (unpaired) electrons. The molecule has 21 heavy (non-hydrogen) atoms. The highest BCUT2D eigenvalue weighted by Gasteiger charge is 2.13. The van der Waals surface area contributed by atoms with Gasteiger partial charge in [-0.15, -0.1) is 0 Å². The zero-order chi connectivity index (χ0) is 15.0. The van der Waals surface area contributed by atoms with Gasteiger partial charge < -0.3 is 10.3 Å². The summed E-state index contributed by atoms with van der Waals surface area (Å²) in [5, 5.41) is 2.96. The Hall–Kier alpha value is -2.47. The van der Waals surface area contributed by atoms with Crippen molar-refractivity contribution in [1.29, 1.82) is 0 Å². The van der Waals surface area contributed by atoms with E-state index in [1.54, 1.807) is 25.1 Å². The fourth-order valence-corrected chi connectivity index (χ4v) is 1.99. The van der Waals surface area contributed by atoms with E-state index in [-0.39, 0.29) is 11.6 Å². The summed E-state index contributed by atoms with van der Waals surface area (Å²) in [7, 11) is 0. The van der Waals surface area contributed by atoms with E-state index in [1.165, 1.54) is 12.3 Å². The first-order chi connectivity index (χ1) is 10.0. The first-order valence-electron chi connectivity index (χ1n) is 6.12. The number of imidazole rings is 1. The number of nitrogens with one attached hydrogen (secondary N) is 2. The Bertz CT molecular complexity index is 790. The largest absolute Gasteiger partial charge is 0.334 e. The standard InChI is InChI=1S/C14H10ClFN4O/c1-7-4-10-11(5-9(7)16)20-13(19-10)14(21)18-8-2-3-12(15)17-6-8/h2-6H,1H3,(H,18,21)(H,19,20). The first-order valence-corrected chi connectivity index (χ1v) is 6.49. The zero-order valence-corrected chi connectivity index (χ0v) is 11.7. The lowest BCUT2D eigenvalue weighted by Gasteiger charge is -2.01. The molecule has 3 aromatic rings. The van der Waals surface area contributed by atoms with E-state index in [0.717, 1.165) is 0 Å². The van der Waals surface area contributed by atoms with Crippen molar-refractivity contribution in [1.82, 2.24) is 15.0 Å². The summed E-state index contributed by atoms with van der Waals surface area (Å²) in [6.45, 7) is 1.64. The highest BCUT2D eigenvalue weighted by atomic mass is 35.5. The van der Waals surface area contributed by atoms with Crippen LogP contribution in [0.1, 0.15) is 16.2 Å². The third kappa shape index (κ3) is 2.71. The third-order valence-corrected chi connectivity index (χ3v) is 3.19. The lowest BCUT2D eigenvalue weighted by Crippen LogP contribution is -2.13. The second-order valence-corrected chi connectivity index (χ2v) is 4.91. The van der Waals surface area contributed by atoms with Crippen molar-refractivity contribution in [3.8, 4) is 0 Å². The number of benzene rings is 1. The van der Waals surface area contributed by atoms with E-state index in [4.69, 9.17) is 11.6 Å². The van der Waals surface area contributed by atoms with Crippen LogP contribution in [0.5, 0.6) is 0 Å². The minimum Gasteiger partial charge on any atom is -0.334 e. The number of rotatable bonds is 2. The highest BCUT2D eigenvalue weighted by Crippen LogP contribution is 2.17. The van der Waals surface area contributed by atoms with Gasteiger partial charge in [-0.25, -0.2) is 14.4 Å². The average molecular weight is 305 g/mol. The number of halogens is 2. The molecule has 0 bridgehead atoms. The molecule has 5 nitrogen and oxygen atoms in total. The average Bonchev–Trinajstić information content (AvgIpc) is 2.85. The number of hydrogen-bond acceptors (Lipinski definition) is 3. The fourth-order valence-electron chi connectivity index (χ4n) is 1.88. The van der Waals surface area contributed by atoms with Crippen LogP contribution in [0.4, 0.5) is 10.1 Å². The first kappa shape index (κ1) is 13.5. The van der Waals surface area contributed by atoms with Crippen LogP contribution in [0.3, 0.4) is 0 Å². The Morgan fingerprint density at radius 1 is 1.38 bits per heavy atom. The van der Waals surface area contributed by atoms with Gasteiger partial charge in [0, 0.05) is 0 Å². The summed E-state index contributed by atoms with van der Waals surface area (Å²) >= 11 is 5.67. The van der Waals surface area contributed by atoms with Crippen LogP contribution < -0.4 is 5.32 Å². The normalized spacial score (nSPS) is 10.8. The smallest absolute Gasteiger partial charge is 0.291 e. The Kier molecular flexibility index (Phi) is 3.31. The molecule has 0 atom stereocenters. The molecule has 1 amide bonds. The number of H-pyrrole nitrogens is 1. The van der Waals surface area contributed by atoms with Gasteiger partial charge in [0.15, 0.2) is 5.82 Å². The molecule has 2 heterocycles. The molecular weight excluding hydrogens is 295 g/mol. The second kappa shape index (κ2) is 5.14. The van der Waals surface area contributed by atoms with Gasteiger partial charge in [0.05, 0.1) is 22.9 Å². The molecular formula is C14H10ClFN4O. The zero-order valence-electron chi connectivity index (χ0n) is 10.9. The Morgan fingerprint density at radius 2 is 2.19 bits per heavy atom. The van der Waals surface area contributed by atoms with Gasteiger partial charge in [-0.2, -0.15) is 0 Å². The van der Waals surface area contributed by atoms with E-state index in [0.29, 0.717) is 27.4 Å². The molecule has 1 aromatic carbocycles. The number of amides is 1. The van der Waals surface area contributed by atoms with E-state index in [2.05, 4.69) is 20.3 Å². The summed E-state index contributed by atoms with van der Waals surface area (Å²) in [6, 6.07) is 6.09. The predicted octanol–water partition coefficient (Wildman–Crippen LogP) is 3.31. The van der Waals surface area contributed by atoms with Crippen LogP contribution in [-0.4, -0.2) is 20.9 Å². The van der Waals surface area contributed by atoms with Crippen LogP contribution in [0, 0.1) is 12.7 Å². The van der Waals surface area contributed by atoms with Crippen molar-refractivity contribution in [3.63, 3.8) is 0 Å². The van der Waals surface area contributed by atoms with Crippen molar-refractivity contribution in [2.75, 3.05) is 5.32 Å². The molecule has 0 unspecified atom stereocenters. The van der Waals surface area contributed by atoms with E-state index in [9.17, 15) is 9.18 Å². The van der Waals surface area contributed by atoms with Crippen molar-refractivity contribution < 1.29 is 9.18 Å². The Balaban J connectivity index is 1.89. The minimum absolute atomic E-state index is 0.102. The van der Waals surface area contributed by atoms with Gasteiger partial charge >= 0.3 is 0 Å². The van der Waals surface area contributed by atoms with Gasteiger partial charge in [0.1, 0.15) is 11.0 Å². The monoisotopic (exact) mass is 304 g/mol. The van der Waals surface area contributed by atoms with Crippen LogP contribution >= 0.6 is 11.6 Å². The van der Waals surface area contributed by atoms with Gasteiger partial charge in [0.2, 0.25) is 0 Å². The lowest BCUT2D eigenvalue weighted by molar-refractivity contribution is 0.101. The summed E-state index contributed by atoms with van der Waals surface area (Å²) in [5.74, 6) is -0.682. The number of hydrogen-bond donors (Lipinski definition) is 2. The number of carbonyl (C=O) groups is 1. The summed E-state index contributed by atoms with van der Waals surface area (Å²) in [4.78, 5) is 22.9. The molecule has 2 N–H and O–H groups in total. The molecule has 2 aromatic heterocycles. The third-order valence-electron chi connectivity index (χ3n) is 2.96. The molecule has 3 rings (SSSR count). The minimum atomic E-state index is -0.437. The highest BCUT2D eigenvalue weighted by molar-refractivity contribution is 6.29.